The third kappa shape index (κ3) is 4.76. The Balaban J connectivity index is 1.50. The van der Waals surface area contributed by atoms with E-state index in [4.69, 9.17) is 16.6 Å². The molecule has 1 saturated heterocycles. The number of thiocarbonyl (C=S) groups is 1. The summed E-state index contributed by atoms with van der Waals surface area (Å²) < 4.78 is 5.89. The molecular formula is C26H32N2OS. The first-order valence-electron chi connectivity index (χ1n) is 11.3. The number of nitrogens with zero attached hydrogens (tertiary/aromatic N) is 1. The molecule has 0 aliphatic carbocycles. The average molecular weight is 421 g/mol. The molecule has 0 amide bonds. The minimum absolute atomic E-state index is 0.576. The molecule has 1 aliphatic rings. The summed E-state index contributed by atoms with van der Waals surface area (Å²) in [5, 5.41) is 4.66. The normalized spacial score (nSPS) is 15.5. The van der Waals surface area contributed by atoms with E-state index in [1.165, 1.54) is 55.4 Å². The van der Waals surface area contributed by atoms with Gasteiger partial charge in [-0.2, -0.15) is 0 Å². The quantitative estimate of drug-likeness (QED) is 0.427. The number of piperidine rings is 1. The van der Waals surface area contributed by atoms with Crippen molar-refractivity contribution in [1.82, 2.24) is 4.90 Å². The molecule has 0 radical (unpaired) electrons. The Morgan fingerprint density at radius 2 is 1.93 bits per heavy atom. The van der Waals surface area contributed by atoms with Crippen LogP contribution in [0.15, 0.2) is 53.1 Å². The number of nitrogens with one attached hydrogen (secondary N) is 1. The molecule has 4 rings (SSSR count). The fraction of sp³-hybridized carbons (Fsp3) is 0.423. The molecule has 0 unspecified atom stereocenters. The van der Waals surface area contributed by atoms with E-state index in [1.54, 1.807) is 0 Å². The lowest BCUT2D eigenvalue weighted by atomic mass is 9.89. The number of likely N-dealkylation sites (tertiary alicyclic amines) is 1. The zero-order valence-corrected chi connectivity index (χ0v) is 18.9. The minimum Gasteiger partial charge on any atom is -0.464 e. The Kier molecular flexibility index (Phi) is 6.86. The molecule has 0 saturated carbocycles. The fourth-order valence-corrected chi connectivity index (χ4v) is 4.83. The Labute approximate surface area is 185 Å². The maximum atomic E-state index is 5.89. The van der Waals surface area contributed by atoms with Crippen LogP contribution < -0.4 is 5.32 Å². The number of rotatable bonds is 7. The molecule has 158 valence electrons. The molecule has 1 aromatic heterocycles. The number of aryl methyl sites for hydroxylation is 1. The van der Waals surface area contributed by atoms with Crippen LogP contribution in [0, 0.1) is 0 Å². The molecule has 2 heterocycles. The van der Waals surface area contributed by atoms with E-state index in [1.807, 2.05) is 6.26 Å². The molecule has 30 heavy (non-hydrogen) atoms. The van der Waals surface area contributed by atoms with Crippen molar-refractivity contribution in [3.8, 4) is 0 Å². The van der Waals surface area contributed by atoms with Crippen molar-refractivity contribution in [1.29, 1.82) is 0 Å². The molecule has 1 aliphatic heterocycles. The van der Waals surface area contributed by atoms with Crippen molar-refractivity contribution in [2.24, 2.45) is 0 Å². The summed E-state index contributed by atoms with van der Waals surface area (Å²) in [4.78, 5) is 3.35. The smallest absolute Gasteiger partial charge is 0.134 e. The van der Waals surface area contributed by atoms with E-state index in [0.717, 1.165) is 34.7 Å². The van der Waals surface area contributed by atoms with E-state index in [2.05, 4.69) is 66.5 Å². The van der Waals surface area contributed by atoms with Gasteiger partial charge in [0.15, 0.2) is 0 Å². The topological polar surface area (TPSA) is 28.4 Å². The van der Waals surface area contributed by atoms with E-state index in [0.29, 0.717) is 5.92 Å². The summed E-state index contributed by atoms with van der Waals surface area (Å²) in [6.45, 7) is 8.04. The number of benzene rings is 2. The van der Waals surface area contributed by atoms with Crippen molar-refractivity contribution in [3.05, 3.63) is 65.4 Å². The first kappa shape index (κ1) is 21.1. The van der Waals surface area contributed by atoms with E-state index in [-0.39, 0.29) is 0 Å². The first-order chi connectivity index (χ1) is 14.7. The van der Waals surface area contributed by atoms with E-state index in [9.17, 15) is 0 Å². The van der Waals surface area contributed by atoms with Gasteiger partial charge in [-0.15, -0.1) is 0 Å². The van der Waals surface area contributed by atoms with Crippen LogP contribution in [0.25, 0.3) is 11.0 Å². The van der Waals surface area contributed by atoms with Crippen LogP contribution in [0.3, 0.4) is 0 Å². The highest BCUT2D eigenvalue weighted by atomic mass is 32.1. The second kappa shape index (κ2) is 9.76. The predicted molar refractivity (Wildman–Crippen MR) is 131 cm³/mol. The third-order valence-corrected chi connectivity index (χ3v) is 6.49. The third-order valence-electron chi connectivity index (χ3n) is 6.16. The van der Waals surface area contributed by atoms with Gasteiger partial charge < -0.3 is 14.6 Å². The summed E-state index contributed by atoms with van der Waals surface area (Å²) >= 11 is 5.70. The van der Waals surface area contributed by atoms with Crippen LogP contribution in [0.2, 0.25) is 0 Å². The maximum Gasteiger partial charge on any atom is 0.134 e. The van der Waals surface area contributed by atoms with Crippen molar-refractivity contribution in [2.75, 3.05) is 25.0 Å². The second-order valence-electron chi connectivity index (χ2n) is 8.42. The maximum absolute atomic E-state index is 5.89. The van der Waals surface area contributed by atoms with Crippen molar-refractivity contribution >= 4 is 33.9 Å². The van der Waals surface area contributed by atoms with Crippen LogP contribution in [0.4, 0.5) is 5.69 Å². The highest BCUT2D eigenvalue weighted by Gasteiger charge is 2.23. The molecule has 2 aromatic carbocycles. The van der Waals surface area contributed by atoms with Gasteiger partial charge in [0.25, 0.3) is 0 Å². The lowest BCUT2D eigenvalue weighted by Crippen LogP contribution is -2.33. The lowest BCUT2D eigenvalue weighted by Gasteiger charge is -2.31. The Bertz CT molecular complexity index is 1000. The summed E-state index contributed by atoms with van der Waals surface area (Å²) in [5.74, 6) is 0.576. The molecule has 3 nitrogen and oxygen atoms in total. The zero-order valence-electron chi connectivity index (χ0n) is 18.1. The van der Waals surface area contributed by atoms with Crippen LogP contribution in [0.5, 0.6) is 0 Å². The SMILES string of the molecule is CCCc1cccc(C(=S)Nc2ccc3occ(C4CCN(CCC)CC4)c3c2)c1. The monoisotopic (exact) mass is 420 g/mol. The largest absolute Gasteiger partial charge is 0.464 e. The standard InChI is InChI=1S/C26H32N2OS/c1-3-6-19-7-5-8-21(16-19)26(30)27-22-9-10-25-23(17-22)24(18-29-25)20-11-14-28(13-4-2)15-12-20/h5,7-10,16-18,20H,3-4,6,11-15H2,1-2H3,(H,27,30). The second-order valence-corrected chi connectivity index (χ2v) is 8.83. The number of anilines is 1. The Morgan fingerprint density at radius 3 is 2.70 bits per heavy atom. The van der Waals surface area contributed by atoms with Gasteiger partial charge >= 0.3 is 0 Å². The van der Waals surface area contributed by atoms with Crippen molar-refractivity contribution in [2.45, 2.75) is 51.9 Å². The van der Waals surface area contributed by atoms with Crippen molar-refractivity contribution < 1.29 is 4.42 Å². The molecular weight excluding hydrogens is 388 g/mol. The van der Waals surface area contributed by atoms with Crippen LogP contribution >= 0.6 is 12.2 Å². The molecule has 0 bridgehead atoms. The number of hydrogen-bond acceptors (Lipinski definition) is 3. The summed E-state index contributed by atoms with van der Waals surface area (Å²) in [6.07, 6.45) is 7.83. The molecule has 4 heteroatoms. The molecule has 1 fully saturated rings. The van der Waals surface area contributed by atoms with Crippen LogP contribution in [0.1, 0.15) is 62.1 Å². The van der Waals surface area contributed by atoms with Gasteiger partial charge in [-0.05, 0) is 81.1 Å². The molecule has 3 aromatic rings. The van der Waals surface area contributed by atoms with E-state index < -0.39 is 0 Å². The summed E-state index contributed by atoms with van der Waals surface area (Å²) in [6, 6.07) is 14.9. The van der Waals surface area contributed by atoms with E-state index >= 15 is 0 Å². The highest BCUT2D eigenvalue weighted by Crippen LogP contribution is 2.35. The average Bonchev–Trinajstić information content (AvgIpc) is 3.18. The van der Waals surface area contributed by atoms with Crippen molar-refractivity contribution in [3.63, 3.8) is 0 Å². The van der Waals surface area contributed by atoms with Crippen LogP contribution in [-0.4, -0.2) is 29.5 Å². The molecule has 0 atom stereocenters. The first-order valence-corrected chi connectivity index (χ1v) is 11.7. The van der Waals surface area contributed by atoms with Gasteiger partial charge in [0.2, 0.25) is 0 Å². The number of fused-ring (bicyclic) bond motifs is 1. The zero-order chi connectivity index (χ0) is 20.9. The molecule has 1 N–H and O–H groups in total. The summed E-state index contributed by atoms with van der Waals surface area (Å²) in [5.41, 5.74) is 5.75. The van der Waals surface area contributed by atoms with Crippen LogP contribution in [-0.2, 0) is 6.42 Å². The predicted octanol–water partition coefficient (Wildman–Crippen LogP) is 6.76. The highest BCUT2D eigenvalue weighted by molar-refractivity contribution is 7.81. The molecule has 0 spiro atoms. The van der Waals surface area contributed by atoms with Gasteiger partial charge in [0, 0.05) is 22.2 Å². The van der Waals surface area contributed by atoms with Gasteiger partial charge in [-0.3, -0.25) is 0 Å². The summed E-state index contributed by atoms with van der Waals surface area (Å²) in [7, 11) is 0. The number of furan rings is 1. The van der Waals surface area contributed by atoms with Gasteiger partial charge in [-0.25, -0.2) is 0 Å². The Hall–Kier alpha value is -2.17. The number of hydrogen-bond donors (Lipinski definition) is 1. The Morgan fingerprint density at radius 1 is 1.10 bits per heavy atom. The minimum atomic E-state index is 0.576. The lowest BCUT2D eigenvalue weighted by molar-refractivity contribution is 0.213. The van der Waals surface area contributed by atoms with Gasteiger partial charge in [0.1, 0.15) is 10.6 Å². The van der Waals surface area contributed by atoms with Gasteiger partial charge in [0.05, 0.1) is 6.26 Å². The fourth-order valence-electron chi connectivity index (χ4n) is 4.59. The van der Waals surface area contributed by atoms with Gasteiger partial charge in [-0.1, -0.05) is 50.7 Å².